The molecule has 1 heterocycles. The Hall–Kier alpha value is -1.77. The van der Waals surface area contributed by atoms with Crippen molar-refractivity contribution in [1.29, 1.82) is 0 Å². The van der Waals surface area contributed by atoms with Crippen LogP contribution in [0.25, 0.3) is 5.69 Å². The Bertz CT molecular complexity index is 546. The number of hydrogen-bond donors (Lipinski definition) is 0. The van der Waals surface area contributed by atoms with Crippen molar-refractivity contribution in [1.82, 2.24) is 9.36 Å². The molecule has 0 aliphatic carbocycles. The van der Waals surface area contributed by atoms with Gasteiger partial charge >= 0.3 is 0 Å². The molecule has 0 saturated heterocycles. The first-order valence-electron chi connectivity index (χ1n) is 5.48. The zero-order chi connectivity index (χ0) is 11.7. The second-order valence-electron chi connectivity index (χ2n) is 3.98. The molecule has 0 aliphatic rings. The van der Waals surface area contributed by atoms with E-state index in [1.54, 1.807) is 10.7 Å². The summed E-state index contributed by atoms with van der Waals surface area (Å²) in [7, 11) is 1.89. The lowest BCUT2D eigenvalue weighted by atomic mass is 10.1. The number of hydrogen-bond acceptors (Lipinski definition) is 1. The summed E-state index contributed by atoms with van der Waals surface area (Å²) in [5.74, 6) is 0. The summed E-state index contributed by atoms with van der Waals surface area (Å²) in [5.41, 5.74) is 3.18. The van der Waals surface area contributed by atoms with Crippen LogP contribution in [0.3, 0.4) is 0 Å². The highest BCUT2D eigenvalue weighted by molar-refractivity contribution is 5.34. The van der Waals surface area contributed by atoms with E-state index < -0.39 is 0 Å². The van der Waals surface area contributed by atoms with Crippen molar-refractivity contribution in [3.05, 3.63) is 51.9 Å². The number of benzene rings is 1. The van der Waals surface area contributed by atoms with E-state index in [0.717, 1.165) is 17.8 Å². The van der Waals surface area contributed by atoms with E-state index in [1.807, 2.05) is 30.8 Å². The molecule has 0 radical (unpaired) electrons. The minimum atomic E-state index is 0.0178. The van der Waals surface area contributed by atoms with E-state index in [2.05, 4.69) is 19.1 Å². The highest BCUT2D eigenvalue weighted by Gasteiger charge is 2.06. The van der Waals surface area contributed by atoms with Crippen molar-refractivity contribution >= 4 is 0 Å². The van der Waals surface area contributed by atoms with Gasteiger partial charge in [0.15, 0.2) is 0 Å². The van der Waals surface area contributed by atoms with E-state index in [-0.39, 0.29) is 5.56 Å². The van der Waals surface area contributed by atoms with Gasteiger partial charge in [-0.2, -0.15) is 0 Å². The van der Waals surface area contributed by atoms with Crippen molar-refractivity contribution in [3.8, 4) is 5.69 Å². The first-order chi connectivity index (χ1) is 7.63. The predicted molar refractivity (Wildman–Crippen MR) is 65.1 cm³/mol. The van der Waals surface area contributed by atoms with Gasteiger partial charge in [-0.3, -0.25) is 9.48 Å². The molecule has 2 aromatic rings. The first kappa shape index (κ1) is 10.7. The molecule has 0 spiro atoms. The van der Waals surface area contributed by atoms with Gasteiger partial charge in [0, 0.05) is 18.8 Å². The normalized spacial score (nSPS) is 10.7. The third-order valence-corrected chi connectivity index (χ3v) is 2.94. The van der Waals surface area contributed by atoms with Crippen molar-refractivity contribution in [3.63, 3.8) is 0 Å². The number of nitrogens with zero attached hydrogens (tertiary/aromatic N) is 2. The Morgan fingerprint density at radius 2 is 1.81 bits per heavy atom. The molecule has 0 aliphatic heterocycles. The standard InChI is InChI=1S/C13H16N2O/c1-4-11-5-7-12(8-6-11)15-13(16)9-10(2)14(15)3/h5-9H,4H2,1-3H3. The molecule has 0 atom stereocenters. The molecule has 0 fully saturated rings. The maximum atomic E-state index is 11.8. The van der Waals surface area contributed by atoms with Crippen molar-refractivity contribution in [2.75, 3.05) is 0 Å². The summed E-state index contributed by atoms with van der Waals surface area (Å²) in [6.07, 6.45) is 1.02. The molecule has 0 saturated carbocycles. The van der Waals surface area contributed by atoms with E-state index >= 15 is 0 Å². The van der Waals surface area contributed by atoms with Gasteiger partial charge in [-0.1, -0.05) is 19.1 Å². The quantitative estimate of drug-likeness (QED) is 0.754. The molecule has 0 unspecified atom stereocenters. The van der Waals surface area contributed by atoms with Gasteiger partial charge in [0.25, 0.3) is 5.56 Å². The Balaban J connectivity index is 2.54. The number of aromatic nitrogens is 2. The van der Waals surface area contributed by atoms with Gasteiger partial charge in [-0.15, -0.1) is 0 Å². The predicted octanol–water partition coefficient (Wildman–Crippen LogP) is 2.05. The van der Waals surface area contributed by atoms with Crippen molar-refractivity contribution < 1.29 is 0 Å². The SMILES string of the molecule is CCc1ccc(-n2c(=O)cc(C)n2C)cc1. The van der Waals surface area contributed by atoms with Crippen LogP contribution in [0.1, 0.15) is 18.2 Å². The van der Waals surface area contributed by atoms with Crippen LogP contribution >= 0.6 is 0 Å². The first-order valence-corrected chi connectivity index (χ1v) is 5.48. The highest BCUT2D eigenvalue weighted by atomic mass is 16.1. The lowest BCUT2D eigenvalue weighted by molar-refractivity contribution is 0.630. The largest absolute Gasteiger partial charge is 0.285 e. The summed E-state index contributed by atoms with van der Waals surface area (Å²) >= 11 is 0. The Kier molecular flexibility index (Phi) is 2.69. The van der Waals surface area contributed by atoms with Crippen LogP contribution in [-0.2, 0) is 13.5 Å². The molecule has 1 aromatic heterocycles. The highest BCUT2D eigenvalue weighted by Crippen LogP contribution is 2.09. The summed E-state index contributed by atoms with van der Waals surface area (Å²) in [5, 5.41) is 0. The van der Waals surface area contributed by atoms with Gasteiger partial charge in [0.2, 0.25) is 0 Å². The maximum absolute atomic E-state index is 11.8. The molecule has 16 heavy (non-hydrogen) atoms. The Morgan fingerprint density at radius 1 is 1.19 bits per heavy atom. The molecule has 1 aromatic carbocycles. The van der Waals surface area contributed by atoms with Gasteiger partial charge in [-0.05, 0) is 31.0 Å². The second kappa shape index (κ2) is 4.00. The molecule has 0 N–H and O–H groups in total. The summed E-state index contributed by atoms with van der Waals surface area (Å²) < 4.78 is 3.54. The van der Waals surface area contributed by atoms with E-state index in [4.69, 9.17) is 0 Å². The van der Waals surface area contributed by atoms with Gasteiger partial charge in [0.05, 0.1) is 5.69 Å². The molecule has 3 nitrogen and oxygen atoms in total. The lowest BCUT2D eigenvalue weighted by Crippen LogP contribution is -2.19. The molecule has 84 valence electrons. The minimum absolute atomic E-state index is 0.0178. The number of aryl methyl sites for hydroxylation is 2. The lowest BCUT2D eigenvalue weighted by Gasteiger charge is -2.08. The minimum Gasteiger partial charge on any atom is -0.285 e. The average Bonchev–Trinajstić information content (AvgIpc) is 2.54. The maximum Gasteiger partial charge on any atom is 0.271 e. The smallest absolute Gasteiger partial charge is 0.271 e. The third kappa shape index (κ3) is 1.69. The zero-order valence-electron chi connectivity index (χ0n) is 9.90. The fourth-order valence-corrected chi connectivity index (χ4v) is 1.81. The van der Waals surface area contributed by atoms with Crippen LogP contribution < -0.4 is 5.56 Å². The van der Waals surface area contributed by atoms with Crippen LogP contribution in [-0.4, -0.2) is 9.36 Å². The van der Waals surface area contributed by atoms with E-state index in [0.29, 0.717) is 0 Å². The Labute approximate surface area is 94.9 Å². The van der Waals surface area contributed by atoms with Crippen LogP contribution in [0.15, 0.2) is 35.1 Å². The fraction of sp³-hybridized carbons (Fsp3) is 0.308. The van der Waals surface area contributed by atoms with Gasteiger partial charge in [0.1, 0.15) is 0 Å². The third-order valence-electron chi connectivity index (χ3n) is 2.94. The molecule has 2 rings (SSSR count). The van der Waals surface area contributed by atoms with Crippen LogP contribution in [0.5, 0.6) is 0 Å². The van der Waals surface area contributed by atoms with Crippen molar-refractivity contribution in [2.24, 2.45) is 7.05 Å². The average molecular weight is 216 g/mol. The Morgan fingerprint density at radius 3 is 2.25 bits per heavy atom. The summed E-state index contributed by atoms with van der Waals surface area (Å²) in [6.45, 7) is 4.05. The second-order valence-corrected chi connectivity index (χ2v) is 3.98. The topological polar surface area (TPSA) is 26.9 Å². The molecule has 0 bridgehead atoms. The zero-order valence-corrected chi connectivity index (χ0v) is 9.90. The van der Waals surface area contributed by atoms with E-state index in [1.165, 1.54) is 5.56 Å². The van der Waals surface area contributed by atoms with Crippen LogP contribution in [0.2, 0.25) is 0 Å². The van der Waals surface area contributed by atoms with Crippen LogP contribution in [0.4, 0.5) is 0 Å². The summed E-state index contributed by atoms with van der Waals surface area (Å²) in [4.78, 5) is 11.8. The summed E-state index contributed by atoms with van der Waals surface area (Å²) in [6, 6.07) is 9.74. The monoisotopic (exact) mass is 216 g/mol. The molecule has 0 amide bonds. The van der Waals surface area contributed by atoms with Gasteiger partial charge in [-0.25, -0.2) is 4.68 Å². The van der Waals surface area contributed by atoms with Gasteiger partial charge < -0.3 is 0 Å². The molecular weight excluding hydrogens is 200 g/mol. The van der Waals surface area contributed by atoms with E-state index in [9.17, 15) is 4.79 Å². The molecular formula is C13H16N2O. The number of rotatable bonds is 2. The molecule has 3 heteroatoms. The fourth-order valence-electron chi connectivity index (χ4n) is 1.81. The van der Waals surface area contributed by atoms with Crippen LogP contribution in [0, 0.1) is 6.92 Å². The van der Waals surface area contributed by atoms with Crippen molar-refractivity contribution in [2.45, 2.75) is 20.3 Å².